The van der Waals surface area contributed by atoms with Crippen LogP contribution in [0.3, 0.4) is 0 Å². The lowest BCUT2D eigenvalue weighted by Crippen LogP contribution is -2.45. The van der Waals surface area contributed by atoms with Gasteiger partial charge in [0.1, 0.15) is 17.4 Å². The molecule has 0 bridgehead atoms. The highest BCUT2D eigenvalue weighted by molar-refractivity contribution is 7.13. The summed E-state index contributed by atoms with van der Waals surface area (Å²) in [5.41, 5.74) is 2.57. The van der Waals surface area contributed by atoms with E-state index in [9.17, 15) is 9.90 Å². The van der Waals surface area contributed by atoms with Crippen molar-refractivity contribution in [3.63, 3.8) is 0 Å². The van der Waals surface area contributed by atoms with E-state index in [1.807, 2.05) is 10.1 Å². The molecule has 0 aromatic carbocycles. The monoisotopic (exact) mass is 436 g/mol. The molecule has 29 heavy (non-hydrogen) atoms. The van der Waals surface area contributed by atoms with Crippen LogP contribution < -0.4 is 0 Å². The average Bonchev–Trinajstić information content (AvgIpc) is 3.23. The molecule has 160 valence electrons. The number of fused-ring (bicyclic) bond motifs is 1. The quantitative estimate of drug-likeness (QED) is 0.512. The molecular weight excluding hydrogens is 404 g/mol. The first-order valence-corrected chi connectivity index (χ1v) is 14.6. The Morgan fingerprint density at radius 1 is 1.38 bits per heavy atom. The number of hydrogen-bond acceptors (Lipinski definition) is 5. The van der Waals surface area contributed by atoms with E-state index >= 15 is 0 Å². The molecule has 3 rings (SSSR count). The van der Waals surface area contributed by atoms with Crippen molar-refractivity contribution in [2.75, 3.05) is 13.2 Å². The van der Waals surface area contributed by atoms with Gasteiger partial charge in [0.05, 0.1) is 6.04 Å². The second-order valence-corrected chi connectivity index (χ2v) is 16.4. The molecule has 2 aromatic rings. The van der Waals surface area contributed by atoms with Crippen LogP contribution in [0.4, 0.5) is 4.79 Å². The van der Waals surface area contributed by atoms with Crippen LogP contribution in [0, 0.1) is 5.41 Å². The van der Waals surface area contributed by atoms with E-state index in [0.717, 1.165) is 34.6 Å². The minimum Gasteiger partial charge on any atom is -0.465 e. The summed E-state index contributed by atoms with van der Waals surface area (Å²) in [7, 11) is -1.15. The number of amides is 1. The molecule has 1 atom stereocenters. The standard InChI is InChI=1S/C20H32N4O3SSi/c1-20(2,3)17-15-14(7-9-23(17)19(25)26)24(13-27-10-12-29(4,5)6)22-16(15)18-21-8-11-28-18/h8,11,17H,7,9-10,12-13H2,1-6H3,(H,25,26). The molecule has 9 heteroatoms. The smallest absolute Gasteiger partial charge is 0.407 e. The molecule has 0 aliphatic carbocycles. The van der Waals surface area contributed by atoms with Crippen LogP contribution in [0.15, 0.2) is 11.6 Å². The highest BCUT2D eigenvalue weighted by atomic mass is 32.1. The summed E-state index contributed by atoms with van der Waals surface area (Å²) in [4.78, 5) is 18.0. The Morgan fingerprint density at radius 2 is 2.10 bits per heavy atom. The summed E-state index contributed by atoms with van der Waals surface area (Å²) in [6.07, 6.45) is 1.50. The largest absolute Gasteiger partial charge is 0.465 e. The average molecular weight is 437 g/mol. The maximum absolute atomic E-state index is 12.0. The maximum atomic E-state index is 12.0. The number of nitrogens with zero attached hydrogens (tertiary/aromatic N) is 4. The first kappa shape index (κ1) is 22.0. The van der Waals surface area contributed by atoms with Crippen LogP contribution in [0.1, 0.15) is 38.1 Å². The van der Waals surface area contributed by atoms with Crippen molar-refractivity contribution in [1.82, 2.24) is 19.7 Å². The van der Waals surface area contributed by atoms with Gasteiger partial charge < -0.3 is 14.7 Å². The minimum absolute atomic E-state index is 0.272. The minimum atomic E-state index is -1.15. The normalized spacial score (nSPS) is 17.4. The molecule has 0 fully saturated rings. The fourth-order valence-corrected chi connectivity index (χ4v) is 5.21. The predicted octanol–water partition coefficient (Wildman–Crippen LogP) is 4.94. The lowest BCUT2D eigenvalue weighted by Gasteiger charge is -2.42. The third-order valence-corrected chi connectivity index (χ3v) is 7.67. The molecule has 7 nitrogen and oxygen atoms in total. The van der Waals surface area contributed by atoms with Crippen LogP contribution >= 0.6 is 11.3 Å². The van der Waals surface area contributed by atoms with Gasteiger partial charge in [-0.3, -0.25) is 0 Å². The van der Waals surface area contributed by atoms with Gasteiger partial charge >= 0.3 is 6.09 Å². The summed E-state index contributed by atoms with van der Waals surface area (Å²) >= 11 is 1.53. The maximum Gasteiger partial charge on any atom is 0.407 e. The summed E-state index contributed by atoms with van der Waals surface area (Å²) < 4.78 is 7.90. The molecule has 3 heterocycles. The van der Waals surface area contributed by atoms with Gasteiger partial charge in [-0.1, -0.05) is 40.4 Å². The number of aromatic nitrogens is 3. The molecule has 1 N–H and O–H groups in total. The second-order valence-electron chi connectivity index (χ2n) is 9.89. The van der Waals surface area contributed by atoms with Gasteiger partial charge in [0, 0.05) is 50.5 Å². The van der Waals surface area contributed by atoms with Crippen molar-refractivity contribution < 1.29 is 14.6 Å². The number of ether oxygens (including phenoxy) is 1. The van der Waals surface area contributed by atoms with Crippen LogP contribution in [-0.2, 0) is 17.9 Å². The van der Waals surface area contributed by atoms with Gasteiger partial charge in [-0.15, -0.1) is 11.3 Å². The molecule has 1 aliphatic rings. The third kappa shape index (κ3) is 4.89. The van der Waals surface area contributed by atoms with Crippen molar-refractivity contribution in [2.45, 2.75) is 65.6 Å². The Hall–Kier alpha value is -1.71. The Kier molecular flexibility index (Phi) is 6.21. The predicted molar refractivity (Wildman–Crippen MR) is 118 cm³/mol. The molecule has 1 aliphatic heterocycles. The van der Waals surface area contributed by atoms with E-state index in [2.05, 4.69) is 45.4 Å². The van der Waals surface area contributed by atoms with E-state index in [1.54, 1.807) is 11.1 Å². The van der Waals surface area contributed by atoms with Gasteiger partial charge in [-0.05, 0) is 11.5 Å². The van der Waals surface area contributed by atoms with Crippen molar-refractivity contribution in [1.29, 1.82) is 0 Å². The fourth-order valence-electron chi connectivity index (χ4n) is 3.81. The molecule has 0 radical (unpaired) electrons. The number of carbonyl (C=O) groups is 1. The van der Waals surface area contributed by atoms with Crippen LogP contribution in [0.25, 0.3) is 10.7 Å². The van der Waals surface area contributed by atoms with Crippen molar-refractivity contribution in [2.24, 2.45) is 5.41 Å². The number of carboxylic acid groups (broad SMARTS) is 1. The van der Waals surface area contributed by atoms with Crippen LogP contribution in [0.5, 0.6) is 0 Å². The van der Waals surface area contributed by atoms with E-state index in [-0.39, 0.29) is 11.5 Å². The zero-order chi connectivity index (χ0) is 21.4. The highest BCUT2D eigenvalue weighted by Gasteiger charge is 2.43. The fraction of sp³-hybridized carbons (Fsp3) is 0.650. The second kappa shape index (κ2) is 8.20. The number of rotatable bonds is 6. The Balaban J connectivity index is 2.00. The first-order chi connectivity index (χ1) is 13.5. The first-order valence-electron chi connectivity index (χ1n) is 10.1. The highest BCUT2D eigenvalue weighted by Crippen LogP contribution is 2.46. The Morgan fingerprint density at radius 3 is 2.66 bits per heavy atom. The van der Waals surface area contributed by atoms with E-state index in [1.165, 1.54) is 11.3 Å². The van der Waals surface area contributed by atoms with E-state index in [0.29, 0.717) is 19.7 Å². The zero-order valence-corrected chi connectivity index (χ0v) is 20.0. The van der Waals surface area contributed by atoms with Crippen LogP contribution in [-0.4, -0.2) is 52.1 Å². The van der Waals surface area contributed by atoms with Crippen LogP contribution in [0.2, 0.25) is 25.7 Å². The Bertz CT molecular complexity index is 852. The molecule has 1 amide bonds. The lowest BCUT2D eigenvalue weighted by molar-refractivity contribution is 0.0648. The molecule has 1 unspecified atom stereocenters. The van der Waals surface area contributed by atoms with Gasteiger partial charge in [0.25, 0.3) is 0 Å². The molecular formula is C20H32N4O3SSi. The number of hydrogen-bond donors (Lipinski definition) is 1. The van der Waals surface area contributed by atoms with Crippen molar-refractivity contribution in [3.05, 3.63) is 22.8 Å². The van der Waals surface area contributed by atoms with Gasteiger partial charge in [0.15, 0.2) is 0 Å². The molecule has 0 saturated heterocycles. The summed E-state index contributed by atoms with van der Waals surface area (Å²) in [5.74, 6) is 0. The van der Waals surface area contributed by atoms with E-state index in [4.69, 9.17) is 9.84 Å². The van der Waals surface area contributed by atoms with Crippen molar-refractivity contribution in [3.8, 4) is 10.7 Å². The molecule has 0 spiro atoms. The zero-order valence-electron chi connectivity index (χ0n) is 18.2. The summed E-state index contributed by atoms with van der Waals surface area (Å²) in [6.45, 7) is 14.8. The van der Waals surface area contributed by atoms with E-state index < -0.39 is 14.2 Å². The number of thiazole rings is 1. The Labute approximate surface area is 177 Å². The summed E-state index contributed by atoms with van der Waals surface area (Å²) in [6, 6.07) is 0.825. The molecule has 2 aromatic heterocycles. The van der Waals surface area contributed by atoms with Gasteiger partial charge in [-0.25, -0.2) is 14.5 Å². The topological polar surface area (TPSA) is 80.5 Å². The van der Waals surface area contributed by atoms with Gasteiger partial charge in [0.2, 0.25) is 0 Å². The lowest BCUT2D eigenvalue weighted by atomic mass is 9.78. The van der Waals surface area contributed by atoms with Crippen molar-refractivity contribution >= 4 is 25.5 Å². The molecule has 0 saturated carbocycles. The van der Waals surface area contributed by atoms with Gasteiger partial charge in [-0.2, -0.15) is 5.10 Å². The summed E-state index contributed by atoms with van der Waals surface area (Å²) in [5, 5.41) is 17.4. The third-order valence-electron chi connectivity index (χ3n) is 5.18. The SMILES string of the molecule is CC(C)(C)C1c2c(-c3nccs3)nn(COCC[Si](C)(C)C)c2CCN1C(=O)O.